The van der Waals surface area contributed by atoms with Gasteiger partial charge in [-0.25, -0.2) is 13.1 Å². The number of hydrogen-bond acceptors (Lipinski definition) is 3. The van der Waals surface area contributed by atoms with Crippen LogP contribution in [-0.2, 0) is 21.2 Å². The zero-order valence-electron chi connectivity index (χ0n) is 11.2. The molecule has 0 unspecified atom stereocenters. The number of para-hydroxylation sites is 1. The number of aromatic nitrogens is 1. The highest BCUT2D eigenvalue weighted by molar-refractivity contribution is 7.90. The van der Waals surface area contributed by atoms with E-state index in [4.69, 9.17) is 0 Å². The van der Waals surface area contributed by atoms with Crippen molar-refractivity contribution in [1.29, 1.82) is 0 Å². The minimum atomic E-state index is -3.53. The predicted octanol–water partition coefficient (Wildman–Crippen LogP) is 1.25. The molecular weight excluding hydrogens is 292 g/mol. The summed E-state index contributed by atoms with van der Waals surface area (Å²) >= 11 is 0. The first kappa shape index (κ1) is 14.1. The number of fused-ring (bicyclic) bond motifs is 1. The number of hydrogen-bond donors (Lipinski definition) is 3. The van der Waals surface area contributed by atoms with E-state index in [9.17, 15) is 18.3 Å². The molecule has 1 fully saturated rings. The maximum Gasteiger partial charge on any atom is 0.322 e. The van der Waals surface area contributed by atoms with Crippen molar-refractivity contribution in [2.75, 3.05) is 0 Å². The van der Waals surface area contributed by atoms with Crippen molar-refractivity contribution in [3.8, 4) is 0 Å². The van der Waals surface area contributed by atoms with Crippen molar-refractivity contribution in [3.63, 3.8) is 0 Å². The number of aliphatic carboxylic acids is 1. The summed E-state index contributed by atoms with van der Waals surface area (Å²) in [7, 11) is -3.53. The van der Waals surface area contributed by atoms with E-state index in [1.165, 1.54) is 0 Å². The highest BCUT2D eigenvalue weighted by Crippen LogP contribution is 2.28. The van der Waals surface area contributed by atoms with Gasteiger partial charge in [0.1, 0.15) is 6.04 Å². The third kappa shape index (κ3) is 2.93. The van der Waals surface area contributed by atoms with E-state index in [1.54, 1.807) is 6.20 Å². The number of carboxylic acids is 1. The van der Waals surface area contributed by atoms with Crippen LogP contribution in [0.15, 0.2) is 30.5 Å². The average molecular weight is 308 g/mol. The Morgan fingerprint density at radius 2 is 2.10 bits per heavy atom. The van der Waals surface area contributed by atoms with E-state index in [1.807, 2.05) is 24.3 Å². The summed E-state index contributed by atoms with van der Waals surface area (Å²) in [5.41, 5.74) is 1.69. The smallest absolute Gasteiger partial charge is 0.322 e. The second-order valence-corrected chi connectivity index (χ2v) is 7.31. The summed E-state index contributed by atoms with van der Waals surface area (Å²) < 4.78 is 26.2. The molecule has 7 heteroatoms. The molecule has 1 aromatic carbocycles. The molecule has 0 amide bonds. The largest absolute Gasteiger partial charge is 0.480 e. The quantitative estimate of drug-likeness (QED) is 0.747. The van der Waals surface area contributed by atoms with Crippen LogP contribution in [0.1, 0.15) is 18.4 Å². The molecule has 21 heavy (non-hydrogen) atoms. The fraction of sp³-hybridized carbons (Fsp3) is 0.357. The Balaban J connectivity index is 1.83. The third-order valence-electron chi connectivity index (χ3n) is 3.67. The van der Waals surface area contributed by atoms with Crippen LogP contribution in [0.2, 0.25) is 0 Å². The van der Waals surface area contributed by atoms with E-state index >= 15 is 0 Å². The fourth-order valence-electron chi connectivity index (χ4n) is 2.37. The molecule has 0 spiro atoms. The van der Waals surface area contributed by atoms with Crippen LogP contribution in [0.3, 0.4) is 0 Å². The third-order valence-corrected chi connectivity index (χ3v) is 5.63. The van der Waals surface area contributed by atoms with Gasteiger partial charge in [-0.1, -0.05) is 18.2 Å². The molecule has 1 aromatic heterocycles. The standard InChI is InChI=1S/C14H16N2O4S/c17-14(18)13(16-21(19,20)10-5-6-10)7-9-8-15-12-4-2-1-3-11(9)12/h1-4,8,10,13,15-16H,5-7H2,(H,17,18)/t13-/m1/s1. The van der Waals surface area contributed by atoms with Crippen molar-refractivity contribution in [2.24, 2.45) is 0 Å². The lowest BCUT2D eigenvalue weighted by atomic mass is 10.1. The van der Waals surface area contributed by atoms with Crippen molar-refractivity contribution in [2.45, 2.75) is 30.6 Å². The van der Waals surface area contributed by atoms with E-state index in [0.717, 1.165) is 16.5 Å². The number of carbonyl (C=O) groups is 1. The molecule has 0 saturated heterocycles. The molecule has 0 radical (unpaired) electrons. The molecule has 112 valence electrons. The first-order valence-electron chi connectivity index (χ1n) is 6.76. The van der Waals surface area contributed by atoms with Crippen LogP contribution in [0.4, 0.5) is 0 Å². The van der Waals surface area contributed by atoms with Gasteiger partial charge >= 0.3 is 5.97 Å². The molecule has 3 rings (SSSR count). The van der Waals surface area contributed by atoms with Gasteiger partial charge in [0.25, 0.3) is 0 Å². The Morgan fingerprint density at radius 3 is 2.76 bits per heavy atom. The lowest BCUT2D eigenvalue weighted by Gasteiger charge is -2.14. The van der Waals surface area contributed by atoms with Gasteiger partial charge in [-0.05, 0) is 24.5 Å². The molecule has 0 aliphatic heterocycles. The number of rotatable bonds is 6. The second-order valence-electron chi connectivity index (χ2n) is 5.32. The van der Waals surface area contributed by atoms with Crippen LogP contribution in [0.5, 0.6) is 0 Å². The van der Waals surface area contributed by atoms with Gasteiger partial charge in [-0.2, -0.15) is 0 Å². The molecule has 1 saturated carbocycles. The number of sulfonamides is 1. The van der Waals surface area contributed by atoms with Crippen LogP contribution < -0.4 is 4.72 Å². The molecule has 6 nitrogen and oxygen atoms in total. The Morgan fingerprint density at radius 1 is 1.38 bits per heavy atom. The lowest BCUT2D eigenvalue weighted by molar-refractivity contribution is -0.138. The highest BCUT2D eigenvalue weighted by atomic mass is 32.2. The summed E-state index contributed by atoms with van der Waals surface area (Å²) in [5.74, 6) is -1.16. The van der Waals surface area contributed by atoms with Crippen LogP contribution >= 0.6 is 0 Å². The Hall–Kier alpha value is -1.86. The van der Waals surface area contributed by atoms with E-state index in [-0.39, 0.29) is 6.42 Å². The summed E-state index contributed by atoms with van der Waals surface area (Å²) in [6, 6.07) is 6.38. The molecule has 1 aliphatic rings. The molecular formula is C14H16N2O4S. The van der Waals surface area contributed by atoms with Crippen molar-refractivity contribution in [3.05, 3.63) is 36.0 Å². The number of nitrogens with one attached hydrogen (secondary N) is 2. The lowest BCUT2D eigenvalue weighted by Crippen LogP contribution is -2.43. The van der Waals surface area contributed by atoms with Gasteiger partial charge in [0.2, 0.25) is 10.0 Å². The van der Waals surface area contributed by atoms with Crippen molar-refractivity contribution < 1.29 is 18.3 Å². The molecule has 3 N–H and O–H groups in total. The number of carboxylic acid groups (broad SMARTS) is 1. The highest BCUT2D eigenvalue weighted by Gasteiger charge is 2.38. The first-order chi connectivity index (χ1) is 9.97. The molecule has 1 heterocycles. The minimum absolute atomic E-state index is 0.116. The maximum atomic E-state index is 11.9. The summed E-state index contributed by atoms with van der Waals surface area (Å²) in [6.45, 7) is 0. The number of benzene rings is 1. The van der Waals surface area contributed by atoms with E-state index in [0.29, 0.717) is 12.8 Å². The van der Waals surface area contributed by atoms with Crippen LogP contribution in [-0.4, -0.2) is 35.8 Å². The van der Waals surface area contributed by atoms with Gasteiger partial charge in [-0.3, -0.25) is 4.79 Å². The molecule has 0 bridgehead atoms. The SMILES string of the molecule is O=C(O)[C@@H](Cc1c[nH]c2ccccc12)NS(=O)(=O)C1CC1. The Labute approximate surface area is 122 Å². The fourth-order valence-corrected chi connectivity index (χ4v) is 3.90. The average Bonchev–Trinajstić information content (AvgIpc) is 3.22. The Bertz CT molecular complexity index is 777. The van der Waals surface area contributed by atoms with Crippen molar-refractivity contribution in [1.82, 2.24) is 9.71 Å². The van der Waals surface area contributed by atoms with E-state index in [2.05, 4.69) is 9.71 Å². The summed E-state index contributed by atoms with van der Waals surface area (Å²) in [5, 5.41) is 9.76. The monoisotopic (exact) mass is 308 g/mol. The first-order valence-corrected chi connectivity index (χ1v) is 8.31. The van der Waals surface area contributed by atoms with E-state index < -0.39 is 27.3 Å². The van der Waals surface area contributed by atoms with Gasteiger partial charge in [0, 0.05) is 23.5 Å². The number of H-pyrrole nitrogens is 1. The normalized spacial score (nSPS) is 17.0. The van der Waals surface area contributed by atoms with Gasteiger partial charge in [-0.15, -0.1) is 0 Å². The zero-order valence-corrected chi connectivity index (χ0v) is 12.1. The van der Waals surface area contributed by atoms with Gasteiger partial charge in [0.15, 0.2) is 0 Å². The predicted molar refractivity (Wildman–Crippen MR) is 78.5 cm³/mol. The summed E-state index contributed by atoms with van der Waals surface area (Å²) in [4.78, 5) is 14.4. The minimum Gasteiger partial charge on any atom is -0.480 e. The van der Waals surface area contributed by atoms with Crippen LogP contribution in [0, 0.1) is 0 Å². The molecule has 2 aromatic rings. The topological polar surface area (TPSA) is 99.3 Å². The molecule has 1 aliphatic carbocycles. The number of aromatic amines is 1. The van der Waals surface area contributed by atoms with Gasteiger partial charge < -0.3 is 10.1 Å². The molecule has 1 atom stereocenters. The van der Waals surface area contributed by atoms with Crippen molar-refractivity contribution >= 4 is 26.9 Å². The summed E-state index contributed by atoms with van der Waals surface area (Å²) in [6.07, 6.45) is 3.06. The Kier molecular flexibility index (Phi) is 3.46. The van der Waals surface area contributed by atoms with Crippen LogP contribution in [0.25, 0.3) is 10.9 Å². The second kappa shape index (κ2) is 5.16. The van der Waals surface area contributed by atoms with Gasteiger partial charge in [0.05, 0.1) is 5.25 Å². The maximum absolute atomic E-state index is 11.9. The zero-order chi connectivity index (χ0) is 15.0.